The zero-order valence-corrected chi connectivity index (χ0v) is 12.0. The first-order valence-electron chi connectivity index (χ1n) is 6.35. The van der Waals surface area contributed by atoms with Gasteiger partial charge >= 0.3 is 0 Å². The molecule has 0 bridgehead atoms. The van der Waals surface area contributed by atoms with Crippen molar-refractivity contribution in [3.8, 4) is 0 Å². The topological polar surface area (TPSA) is 38.0 Å². The van der Waals surface area contributed by atoms with Gasteiger partial charge in [-0.3, -0.25) is 0 Å². The molecule has 0 aromatic heterocycles. The van der Waals surface area contributed by atoms with Gasteiger partial charge in [0.2, 0.25) is 0 Å². The normalized spacial score (nSPS) is 11.3. The molecule has 0 radical (unpaired) electrons. The third-order valence-corrected chi connectivity index (χ3v) is 3.92. The Morgan fingerprint density at radius 3 is 2.22 bits per heavy atom. The van der Waals surface area contributed by atoms with Crippen molar-refractivity contribution < 1.29 is 4.39 Å². The molecule has 0 amide bonds. The van der Waals surface area contributed by atoms with Crippen LogP contribution in [-0.2, 0) is 0 Å². The highest BCUT2D eigenvalue weighted by atomic mass is 32.1. The van der Waals surface area contributed by atoms with Crippen molar-refractivity contribution in [3.63, 3.8) is 0 Å². The molecule has 0 saturated heterocycles. The molecule has 0 heterocycles. The third-order valence-electron chi connectivity index (χ3n) is 3.68. The molecule has 2 nitrogen and oxygen atoms in total. The van der Waals surface area contributed by atoms with Gasteiger partial charge in [-0.05, 0) is 37.5 Å². The van der Waals surface area contributed by atoms with Gasteiger partial charge in [-0.25, -0.2) is 4.39 Å². The number of halogens is 1. The maximum atomic E-state index is 14.0. The molecule has 0 saturated carbocycles. The summed E-state index contributed by atoms with van der Waals surface area (Å²) < 4.78 is 14.0. The van der Waals surface area contributed by atoms with E-state index in [1.54, 1.807) is 12.1 Å². The van der Waals surface area contributed by atoms with Gasteiger partial charge in [0.1, 0.15) is 10.8 Å². The number of thiocarbonyl (C=S) groups is 1. The zero-order chi connectivity index (χ0) is 13.8. The number of hydrogen-bond donors (Lipinski definition) is 2. The summed E-state index contributed by atoms with van der Waals surface area (Å²) in [6, 6.07) is 4.84. The van der Waals surface area contributed by atoms with Crippen molar-refractivity contribution >= 4 is 22.9 Å². The lowest BCUT2D eigenvalue weighted by molar-refractivity contribution is 0.417. The van der Waals surface area contributed by atoms with E-state index in [4.69, 9.17) is 18.0 Å². The maximum absolute atomic E-state index is 14.0. The Hall–Kier alpha value is -1.16. The highest BCUT2D eigenvalue weighted by molar-refractivity contribution is 7.80. The second kappa shape index (κ2) is 6.14. The first-order valence-corrected chi connectivity index (χ1v) is 6.76. The molecular formula is C14H21FN2S. The molecule has 0 aliphatic rings. The highest BCUT2D eigenvalue weighted by Gasteiger charge is 2.24. The molecule has 0 aliphatic carbocycles. The summed E-state index contributed by atoms with van der Waals surface area (Å²) in [4.78, 5) is 0.216. The van der Waals surface area contributed by atoms with E-state index < -0.39 is 0 Å². The minimum Gasteiger partial charge on any atom is -0.389 e. The fraction of sp³-hybridized carbons (Fsp3) is 0.500. The molecule has 1 rings (SSSR count). The maximum Gasteiger partial charge on any atom is 0.146 e. The van der Waals surface area contributed by atoms with Gasteiger partial charge in [0.05, 0.1) is 5.69 Å². The SMILES string of the molecule is CCC(CC)(CC)Nc1ccc(C(N)=S)cc1F. The highest BCUT2D eigenvalue weighted by Crippen LogP contribution is 2.27. The van der Waals surface area contributed by atoms with Crippen LogP contribution in [0.3, 0.4) is 0 Å². The molecule has 18 heavy (non-hydrogen) atoms. The van der Waals surface area contributed by atoms with Crippen molar-refractivity contribution in [3.05, 3.63) is 29.6 Å². The smallest absolute Gasteiger partial charge is 0.146 e. The lowest BCUT2D eigenvalue weighted by atomic mass is 9.89. The van der Waals surface area contributed by atoms with Crippen LogP contribution in [0.4, 0.5) is 10.1 Å². The predicted molar refractivity (Wildman–Crippen MR) is 79.5 cm³/mol. The number of hydrogen-bond acceptors (Lipinski definition) is 2. The van der Waals surface area contributed by atoms with E-state index in [-0.39, 0.29) is 16.3 Å². The number of nitrogens with two attached hydrogens (primary N) is 1. The Morgan fingerprint density at radius 1 is 1.28 bits per heavy atom. The van der Waals surface area contributed by atoms with Crippen LogP contribution in [0.5, 0.6) is 0 Å². The second-order valence-corrected chi connectivity index (χ2v) is 4.96. The first-order chi connectivity index (χ1) is 8.48. The summed E-state index contributed by atoms with van der Waals surface area (Å²) in [5.74, 6) is -0.306. The van der Waals surface area contributed by atoms with E-state index in [1.807, 2.05) is 0 Å². The average molecular weight is 268 g/mol. The van der Waals surface area contributed by atoms with E-state index in [0.717, 1.165) is 19.3 Å². The zero-order valence-electron chi connectivity index (χ0n) is 11.2. The van der Waals surface area contributed by atoms with E-state index in [0.29, 0.717) is 11.3 Å². The molecule has 3 N–H and O–H groups in total. The van der Waals surface area contributed by atoms with Crippen LogP contribution >= 0.6 is 12.2 Å². The van der Waals surface area contributed by atoms with Crippen molar-refractivity contribution in [2.24, 2.45) is 5.73 Å². The van der Waals surface area contributed by atoms with Crippen LogP contribution in [0.15, 0.2) is 18.2 Å². The van der Waals surface area contributed by atoms with Crippen molar-refractivity contribution in [2.75, 3.05) is 5.32 Å². The molecule has 1 aromatic rings. The van der Waals surface area contributed by atoms with Crippen molar-refractivity contribution in [2.45, 2.75) is 45.6 Å². The van der Waals surface area contributed by atoms with Crippen LogP contribution in [0.2, 0.25) is 0 Å². The molecule has 0 atom stereocenters. The molecule has 1 aromatic carbocycles. The molecular weight excluding hydrogens is 247 g/mol. The molecule has 0 unspecified atom stereocenters. The quantitative estimate of drug-likeness (QED) is 0.770. The number of anilines is 1. The molecule has 100 valence electrons. The predicted octanol–water partition coefficient (Wildman–Crippen LogP) is 3.84. The lowest BCUT2D eigenvalue weighted by Gasteiger charge is -2.33. The van der Waals surface area contributed by atoms with E-state index in [9.17, 15) is 4.39 Å². The number of rotatable bonds is 6. The molecule has 4 heteroatoms. The van der Waals surface area contributed by atoms with Gasteiger partial charge in [-0.1, -0.05) is 33.0 Å². The Kier molecular flexibility index (Phi) is 5.08. The summed E-state index contributed by atoms with van der Waals surface area (Å²) in [6.45, 7) is 6.34. The van der Waals surface area contributed by atoms with E-state index >= 15 is 0 Å². The largest absolute Gasteiger partial charge is 0.389 e. The van der Waals surface area contributed by atoms with Gasteiger partial charge in [0.25, 0.3) is 0 Å². The minimum absolute atomic E-state index is 0.0500. The summed E-state index contributed by atoms with van der Waals surface area (Å²) in [5.41, 5.74) is 6.51. The van der Waals surface area contributed by atoms with Crippen LogP contribution < -0.4 is 11.1 Å². The fourth-order valence-corrected chi connectivity index (χ4v) is 2.20. The Labute approximate surface area is 114 Å². The minimum atomic E-state index is -0.306. The van der Waals surface area contributed by atoms with Crippen molar-refractivity contribution in [1.82, 2.24) is 0 Å². The fourth-order valence-electron chi connectivity index (χ4n) is 2.07. The van der Waals surface area contributed by atoms with Gasteiger partial charge in [-0.2, -0.15) is 0 Å². The van der Waals surface area contributed by atoms with E-state index in [1.165, 1.54) is 6.07 Å². The Morgan fingerprint density at radius 2 is 1.83 bits per heavy atom. The first kappa shape index (κ1) is 14.9. The Balaban J connectivity index is 3.01. The summed E-state index contributed by atoms with van der Waals surface area (Å²) in [6.07, 6.45) is 2.86. The average Bonchev–Trinajstić information content (AvgIpc) is 2.38. The van der Waals surface area contributed by atoms with Gasteiger partial charge in [0, 0.05) is 11.1 Å². The number of benzene rings is 1. The van der Waals surface area contributed by atoms with Gasteiger partial charge < -0.3 is 11.1 Å². The number of nitrogens with one attached hydrogen (secondary N) is 1. The molecule has 0 aliphatic heterocycles. The van der Waals surface area contributed by atoms with Gasteiger partial charge in [0.15, 0.2) is 0 Å². The van der Waals surface area contributed by atoms with E-state index in [2.05, 4.69) is 26.1 Å². The summed E-state index contributed by atoms with van der Waals surface area (Å²) in [5, 5.41) is 3.32. The monoisotopic (exact) mass is 268 g/mol. The van der Waals surface area contributed by atoms with Crippen LogP contribution in [0.1, 0.15) is 45.6 Å². The standard InChI is InChI=1S/C14H21FN2S/c1-4-14(5-2,6-3)17-12-8-7-10(13(16)18)9-11(12)15/h7-9,17H,4-6H2,1-3H3,(H2,16,18). The summed E-state index contributed by atoms with van der Waals surface area (Å²) >= 11 is 4.83. The Bertz CT molecular complexity index is 420. The van der Waals surface area contributed by atoms with Crippen LogP contribution in [0, 0.1) is 5.82 Å². The molecule has 0 spiro atoms. The lowest BCUT2D eigenvalue weighted by Crippen LogP contribution is -2.36. The summed E-state index contributed by atoms with van der Waals surface area (Å²) in [7, 11) is 0. The second-order valence-electron chi connectivity index (χ2n) is 4.52. The van der Waals surface area contributed by atoms with Crippen LogP contribution in [-0.4, -0.2) is 10.5 Å². The van der Waals surface area contributed by atoms with Gasteiger partial charge in [-0.15, -0.1) is 0 Å². The van der Waals surface area contributed by atoms with Crippen molar-refractivity contribution in [1.29, 1.82) is 0 Å². The molecule has 0 fully saturated rings. The van der Waals surface area contributed by atoms with Crippen LogP contribution in [0.25, 0.3) is 0 Å². The third kappa shape index (κ3) is 3.19.